The molecule has 0 amide bonds. The number of thiazole rings is 1. The Labute approximate surface area is 138 Å². The van der Waals surface area contributed by atoms with Crippen LogP contribution >= 0.6 is 22.7 Å². The molecule has 1 N–H and O–H groups in total. The molecule has 0 unspecified atom stereocenters. The van der Waals surface area contributed by atoms with Crippen molar-refractivity contribution in [3.8, 4) is 10.6 Å². The molecule has 2 aliphatic rings. The van der Waals surface area contributed by atoms with Gasteiger partial charge in [0.25, 0.3) is 10.0 Å². The maximum Gasteiger partial charge on any atom is 0.252 e. The van der Waals surface area contributed by atoms with Gasteiger partial charge in [-0.25, -0.2) is 13.4 Å². The first-order valence-electron chi connectivity index (χ1n) is 7.27. The summed E-state index contributed by atoms with van der Waals surface area (Å²) in [5.41, 5.74) is 0.872. The summed E-state index contributed by atoms with van der Waals surface area (Å²) in [6.45, 7) is 5.11. The minimum Gasteiger partial charge on any atom is -0.316 e. The van der Waals surface area contributed by atoms with Gasteiger partial charge in [0.05, 0.1) is 15.6 Å². The first kappa shape index (κ1) is 14.8. The van der Waals surface area contributed by atoms with E-state index < -0.39 is 10.0 Å². The molecule has 2 atom stereocenters. The highest BCUT2D eigenvalue weighted by molar-refractivity contribution is 7.91. The van der Waals surface area contributed by atoms with Crippen LogP contribution in [0.3, 0.4) is 0 Å². The van der Waals surface area contributed by atoms with Gasteiger partial charge in [0.1, 0.15) is 4.21 Å². The lowest BCUT2D eigenvalue weighted by molar-refractivity contribution is 0.449. The number of thiophene rings is 1. The Kier molecular flexibility index (Phi) is 3.61. The lowest BCUT2D eigenvalue weighted by atomic mass is 10.0. The molecule has 0 aromatic carbocycles. The van der Waals surface area contributed by atoms with Crippen LogP contribution in [0.15, 0.2) is 21.7 Å². The molecule has 4 rings (SSSR count). The van der Waals surface area contributed by atoms with Crippen molar-refractivity contribution < 1.29 is 8.42 Å². The number of aryl methyl sites for hydroxylation is 1. The monoisotopic (exact) mass is 355 g/mol. The number of nitrogens with one attached hydrogen (secondary N) is 1. The lowest BCUT2D eigenvalue weighted by Gasteiger charge is -2.15. The third-order valence-corrected chi connectivity index (χ3v) is 8.58. The van der Waals surface area contributed by atoms with E-state index in [9.17, 15) is 8.42 Å². The van der Waals surface area contributed by atoms with Crippen LogP contribution in [0.1, 0.15) is 5.01 Å². The molecule has 118 valence electrons. The van der Waals surface area contributed by atoms with Crippen LogP contribution in [-0.2, 0) is 10.0 Å². The molecule has 2 aromatic rings. The molecule has 0 saturated carbocycles. The normalized spacial score (nSPS) is 25.7. The predicted molar refractivity (Wildman–Crippen MR) is 88.8 cm³/mol. The van der Waals surface area contributed by atoms with Crippen molar-refractivity contribution in [1.29, 1.82) is 0 Å². The Morgan fingerprint density at radius 1 is 1.27 bits per heavy atom. The van der Waals surface area contributed by atoms with Crippen molar-refractivity contribution >= 4 is 32.7 Å². The molecule has 8 heteroatoms. The molecule has 2 fully saturated rings. The number of hydrogen-bond acceptors (Lipinski definition) is 6. The van der Waals surface area contributed by atoms with Crippen molar-refractivity contribution in [1.82, 2.24) is 14.6 Å². The Morgan fingerprint density at radius 2 is 2.00 bits per heavy atom. The van der Waals surface area contributed by atoms with Gasteiger partial charge in [-0.05, 0) is 44.0 Å². The summed E-state index contributed by atoms with van der Waals surface area (Å²) in [5.74, 6) is 0.936. The van der Waals surface area contributed by atoms with Crippen LogP contribution in [0.5, 0.6) is 0 Å². The smallest absolute Gasteiger partial charge is 0.252 e. The zero-order chi connectivity index (χ0) is 15.3. The maximum atomic E-state index is 12.8. The summed E-state index contributed by atoms with van der Waals surface area (Å²) < 4.78 is 27.7. The zero-order valence-electron chi connectivity index (χ0n) is 12.2. The van der Waals surface area contributed by atoms with E-state index in [1.165, 1.54) is 11.3 Å². The van der Waals surface area contributed by atoms with E-state index in [1.54, 1.807) is 21.7 Å². The van der Waals surface area contributed by atoms with Crippen LogP contribution in [0.25, 0.3) is 10.6 Å². The molecular weight excluding hydrogens is 338 g/mol. The topological polar surface area (TPSA) is 62.3 Å². The summed E-state index contributed by atoms with van der Waals surface area (Å²) >= 11 is 2.90. The predicted octanol–water partition coefficient (Wildman–Crippen LogP) is 2.02. The van der Waals surface area contributed by atoms with Crippen LogP contribution in [0, 0.1) is 18.8 Å². The molecular formula is C14H17N3O2S3. The van der Waals surface area contributed by atoms with Crippen molar-refractivity contribution in [3.63, 3.8) is 0 Å². The summed E-state index contributed by atoms with van der Waals surface area (Å²) in [6.07, 6.45) is 0. The second kappa shape index (κ2) is 5.38. The summed E-state index contributed by atoms with van der Waals surface area (Å²) in [4.78, 5) is 5.35. The van der Waals surface area contributed by atoms with Crippen LogP contribution in [0.2, 0.25) is 0 Å². The standard InChI is InChI=1S/C14H17N3O2S3/c1-9-16-12(8-20-9)13-2-3-14(21-13)22(18,19)17-6-10-4-15-5-11(10)7-17/h2-3,8,10-11,15H,4-7H2,1H3/t10-,11+. The molecule has 5 nitrogen and oxygen atoms in total. The first-order chi connectivity index (χ1) is 10.5. The van der Waals surface area contributed by atoms with Crippen molar-refractivity contribution in [3.05, 3.63) is 22.5 Å². The van der Waals surface area contributed by atoms with E-state index in [0.717, 1.165) is 28.7 Å². The highest BCUT2D eigenvalue weighted by Crippen LogP contribution is 2.36. The SMILES string of the molecule is Cc1nc(-c2ccc(S(=O)(=O)N3C[C@H]4CNC[C@H]4C3)s2)cs1. The summed E-state index contributed by atoms with van der Waals surface area (Å²) in [5, 5.41) is 6.31. The average Bonchev–Trinajstić information content (AvgIpc) is 3.21. The fourth-order valence-electron chi connectivity index (χ4n) is 3.21. The zero-order valence-corrected chi connectivity index (χ0v) is 14.6. The quantitative estimate of drug-likeness (QED) is 0.915. The molecule has 2 aliphatic heterocycles. The number of sulfonamides is 1. The minimum absolute atomic E-state index is 0.432. The molecule has 22 heavy (non-hydrogen) atoms. The molecule has 0 spiro atoms. The largest absolute Gasteiger partial charge is 0.316 e. The molecule has 2 saturated heterocycles. The van der Waals surface area contributed by atoms with E-state index in [-0.39, 0.29) is 0 Å². The summed E-state index contributed by atoms with van der Waals surface area (Å²) in [7, 11) is -3.36. The Bertz CT molecular complexity index is 784. The van der Waals surface area contributed by atoms with Crippen molar-refractivity contribution in [2.75, 3.05) is 26.2 Å². The third-order valence-electron chi connectivity index (χ3n) is 4.40. The van der Waals surface area contributed by atoms with Gasteiger partial charge in [-0.15, -0.1) is 22.7 Å². The lowest BCUT2D eigenvalue weighted by Crippen LogP contribution is -2.31. The van der Waals surface area contributed by atoms with Crippen LogP contribution in [0.4, 0.5) is 0 Å². The van der Waals surface area contributed by atoms with Gasteiger partial charge in [0.2, 0.25) is 0 Å². The molecule has 0 aliphatic carbocycles. The van der Waals surface area contributed by atoms with E-state index >= 15 is 0 Å². The second-order valence-electron chi connectivity index (χ2n) is 5.87. The van der Waals surface area contributed by atoms with E-state index in [4.69, 9.17) is 0 Å². The van der Waals surface area contributed by atoms with Crippen LogP contribution in [-0.4, -0.2) is 43.9 Å². The second-order valence-corrected chi connectivity index (χ2v) is 10.2. The van der Waals surface area contributed by atoms with Gasteiger partial charge >= 0.3 is 0 Å². The van der Waals surface area contributed by atoms with Gasteiger partial charge < -0.3 is 5.32 Å². The fourth-order valence-corrected chi connectivity index (χ4v) is 6.87. The first-order valence-corrected chi connectivity index (χ1v) is 10.4. The van der Waals surface area contributed by atoms with Crippen molar-refractivity contribution in [2.24, 2.45) is 11.8 Å². The molecule has 0 radical (unpaired) electrons. The molecule has 2 aromatic heterocycles. The third kappa shape index (κ3) is 2.43. The molecule has 4 heterocycles. The Hall–Kier alpha value is -0.800. The van der Waals surface area contributed by atoms with E-state index in [0.29, 0.717) is 29.1 Å². The van der Waals surface area contributed by atoms with E-state index in [2.05, 4.69) is 10.3 Å². The number of hydrogen-bond donors (Lipinski definition) is 1. The number of fused-ring (bicyclic) bond motifs is 1. The summed E-state index contributed by atoms with van der Waals surface area (Å²) in [6, 6.07) is 3.58. The average molecular weight is 356 g/mol. The number of aromatic nitrogens is 1. The maximum absolute atomic E-state index is 12.8. The Balaban J connectivity index is 1.60. The van der Waals surface area contributed by atoms with Gasteiger partial charge in [0.15, 0.2) is 0 Å². The number of rotatable bonds is 3. The highest BCUT2D eigenvalue weighted by atomic mass is 32.2. The Morgan fingerprint density at radius 3 is 2.64 bits per heavy atom. The number of nitrogens with zero attached hydrogens (tertiary/aromatic N) is 2. The van der Waals surface area contributed by atoms with E-state index in [1.807, 2.05) is 18.4 Å². The highest BCUT2D eigenvalue weighted by Gasteiger charge is 2.41. The van der Waals surface area contributed by atoms with Gasteiger partial charge in [-0.2, -0.15) is 4.31 Å². The molecule has 0 bridgehead atoms. The van der Waals surface area contributed by atoms with Crippen molar-refractivity contribution in [2.45, 2.75) is 11.1 Å². The minimum atomic E-state index is -3.36. The van der Waals surface area contributed by atoms with Crippen LogP contribution < -0.4 is 5.32 Å². The fraction of sp³-hybridized carbons (Fsp3) is 0.500. The van der Waals surface area contributed by atoms with Gasteiger partial charge in [-0.1, -0.05) is 0 Å². The van der Waals surface area contributed by atoms with Gasteiger partial charge in [-0.3, -0.25) is 0 Å². The van der Waals surface area contributed by atoms with Gasteiger partial charge in [0, 0.05) is 18.5 Å².